The molecule has 0 N–H and O–H groups in total. The van der Waals surface area contributed by atoms with Gasteiger partial charge in [-0.2, -0.15) is 0 Å². The number of ether oxygens (including phenoxy) is 12. The molecule has 13 heteroatoms. The first-order valence-electron chi connectivity index (χ1n) is 29.7. The molecule has 2 heterocycles. The Morgan fingerprint density at radius 1 is 0.321 bits per heavy atom. The van der Waals surface area contributed by atoms with Crippen molar-refractivity contribution in [3.63, 3.8) is 0 Å². The van der Waals surface area contributed by atoms with Crippen LogP contribution in [0.3, 0.4) is 0 Å². The van der Waals surface area contributed by atoms with Crippen LogP contribution in [0.15, 0.2) is 212 Å². The van der Waals surface area contributed by atoms with E-state index in [0.29, 0.717) is 26.2 Å². The Morgan fingerprint density at radius 3 is 0.988 bits per heavy atom. The third-order valence-corrected chi connectivity index (χ3v) is 15.0. The molecule has 7 aromatic rings. The monoisotopic (exact) mass is 1140 g/mol. The van der Waals surface area contributed by atoms with E-state index in [9.17, 15) is 4.79 Å². The molecule has 2 saturated heterocycles. The average Bonchev–Trinajstić information content (AvgIpc) is 3.44. The second kappa shape index (κ2) is 35.1. The van der Waals surface area contributed by atoms with Gasteiger partial charge < -0.3 is 56.8 Å². The van der Waals surface area contributed by atoms with Gasteiger partial charge in [-0.1, -0.05) is 238 Å². The van der Waals surface area contributed by atoms with E-state index in [1.807, 2.05) is 212 Å². The average molecular weight is 1140 g/mol. The normalized spacial score (nSPS) is 22.3. The van der Waals surface area contributed by atoms with Crippen molar-refractivity contribution in [2.75, 3.05) is 26.9 Å². The highest BCUT2D eigenvalue weighted by atomic mass is 16.8. The zero-order valence-electron chi connectivity index (χ0n) is 48.3. The molecule has 444 valence electrons. The lowest BCUT2D eigenvalue weighted by Gasteiger charge is -2.48. The number of hydrogen-bond donors (Lipinski definition) is 0. The smallest absolute Gasteiger partial charge is 0.305 e. The molecule has 0 aromatic heterocycles. The zero-order valence-corrected chi connectivity index (χ0v) is 48.3. The van der Waals surface area contributed by atoms with Crippen LogP contribution < -0.4 is 0 Å². The standard InChI is InChI=1S/C71H82O13/c1-73-63(72)43-27-4-2-3-5-28-44-75-70-68(80-50-59-39-23-11-24-40-59)67(79-49-58-37-21-10-22-38-58)65(77-47-56-33-17-8-18-34-56)62(84-70)53-82-71-69(81-51-60-41-25-12-26-42-60)66(78-48-57-35-19-9-20-36-57)64(76-46-55-31-15-7-16-32-55)61(83-71)52-74-45-54-29-13-6-14-30-54/h6-26,29-42,61-62,64-71H,2-5,27-28,43-53H2,1H3/t61-,62-,64-,65-,66+,67+,68+,69+,70-,71+/m1/s1. The number of carbonyl (C=O) groups is 1. The second-order valence-corrected chi connectivity index (χ2v) is 21.3. The molecule has 84 heavy (non-hydrogen) atoms. The van der Waals surface area contributed by atoms with Gasteiger partial charge in [-0.25, -0.2) is 0 Å². The van der Waals surface area contributed by atoms with Crippen molar-refractivity contribution in [2.24, 2.45) is 0 Å². The van der Waals surface area contributed by atoms with E-state index < -0.39 is 61.4 Å². The summed E-state index contributed by atoms with van der Waals surface area (Å²) >= 11 is 0. The van der Waals surface area contributed by atoms with Crippen molar-refractivity contribution in [3.8, 4) is 0 Å². The number of hydrogen-bond acceptors (Lipinski definition) is 13. The number of methoxy groups -OCH3 is 1. The summed E-state index contributed by atoms with van der Waals surface area (Å²) in [5, 5.41) is 0. The summed E-state index contributed by atoms with van der Waals surface area (Å²) in [6.45, 7) is 2.49. The Balaban J connectivity index is 1.04. The van der Waals surface area contributed by atoms with E-state index in [2.05, 4.69) is 0 Å². The third kappa shape index (κ3) is 20.1. The minimum absolute atomic E-state index is 0.0319. The van der Waals surface area contributed by atoms with Gasteiger partial charge >= 0.3 is 5.97 Å². The Labute approximate surface area is 496 Å². The lowest BCUT2D eigenvalue weighted by molar-refractivity contribution is -0.353. The van der Waals surface area contributed by atoms with Gasteiger partial charge in [-0.3, -0.25) is 4.79 Å². The van der Waals surface area contributed by atoms with Crippen LogP contribution in [-0.4, -0.2) is 94.3 Å². The molecule has 0 radical (unpaired) electrons. The van der Waals surface area contributed by atoms with Crippen LogP contribution in [0, 0.1) is 0 Å². The van der Waals surface area contributed by atoms with E-state index in [1.54, 1.807) is 0 Å². The first-order chi connectivity index (χ1) is 41.6. The fourth-order valence-electron chi connectivity index (χ4n) is 10.5. The molecule has 2 aliphatic heterocycles. The number of esters is 1. The summed E-state index contributed by atoms with van der Waals surface area (Å²) in [4.78, 5) is 11.7. The lowest BCUT2D eigenvalue weighted by atomic mass is 9.96. The Hall–Kier alpha value is -6.43. The van der Waals surface area contributed by atoms with Crippen LogP contribution in [0.2, 0.25) is 0 Å². The maximum atomic E-state index is 11.7. The van der Waals surface area contributed by atoms with Gasteiger partial charge in [0.25, 0.3) is 0 Å². The highest BCUT2D eigenvalue weighted by Gasteiger charge is 2.52. The van der Waals surface area contributed by atoms with Gasteiger partial charge in [0.1, 0.15) is 48.8 Å². The molecule has 0 spiro atoms. The Kier molecular flexibility index (Phi) is 26.0. The molecule has 0 unspecified atom stereocenters. The number of unbranched alkanes of at least 4 members (excludes halogenated alkanes) is 5. The van der Waals surface area contributed by atoms with Crippen LogP contribution in [-0.2, 0) is 108 Å². The minimum atomic E-state index is -1.03. The zero-order chi connectivity index (χ0) is 57.6. The molecule has 2 aliphatic rings. The Bertz CT molecular complexity index is 2840. The first-order valence-corrected chi connectivity index (χ1v) is 29.7. The van der Waals surface area contributed by atoms with Crippen LogP contribution in [0.5, 0.6) is 0 Å². The van der Waals surface area contributed by atoms with Crippen LogP contribution in [0.4, 0.5) is 0 Å². The molecule has 13 nitrogen and oxygen atoms in total. The van der Waals surface area contributed by atoms with Crippen molar-refractivity contribution in [1.29, 1.82) is 0 Å². The van der Waals surface area contributed by atoms with Gasteiger partial charge in [0.05, 0.1) is 66.6 Å². The molecule has 0 bridgehead atoms. The molecular formula is C71H82O13. The molecule has 0 saturated carbocycles. The van der Waals surface area contributed by atoms with Gasteiger partial charge in [-0.15, -0.1) is 0 Å². The SMILES string of the molecule is COC(=O)CCCCCCCCO[C@@H]1O[C@H](CO[C@H]2O[C@H](COCc3ccccc3)[C@@H](OCc3ccccc3)[C@H](OCc3ccccc3)[C@@H]2OCc2ccccc2)[C@@H](OCc2ccccc2)[C@H](OCc2ccccc2)[C@@H]1OCc1ccccc1. The van der Waals surface area contributed by atoms with Crippen molar-refractivity contribution in [2.45, 2.75) is 153 Å². The fourth-order valence-corrected chi connectivity index (χ4v) is 10.5. The predicted molar refractivity (Wildman–Crippen MR) is 320 cm³/mol. The first kappa shape index (κ1) is 62.1. The van der Waals surface area contributed by atoms with Crippen molar-refractivity contribution >= 4 is 5.97 Å². The highest BCUT2D eigenvalue weighted by Crippen LogP contribution is 2.35. The quantitative estimate of drug-likeness (QED) is 0.0276. The molecule has 2 fully saturated rings. The van der Waals surface area contributed by atoms with Gasteiger partial charge in [-0.05, 0) is 51.8 Å². The van der Waals surface area contributed by atoms with Crippen molar-refractivity contribution < 1.29 is 61.6 Å². The highest BCUT2D eigenvalue weighted by molar-refractivity contribution is 5.69. The summed E-state index contributed by atoms with van der Waals surface area (Å²) in [5.74, 6) is -0.173. The van der Waals surface area contributed by atoms with E-state index in [-0.39, 0.29) is 52.2 Å². The lowest BCUT2D eigenvalue weighted by Crippen LogP contribution is -2.64. The topological polar surface area (TPSA) is 128 Å². The van der Waals surface area contributed by atoms with Crippen LogP contribution in [0.25, 0.3) is 0 Å². The van der Waals surface area contributed by atoms with Crippen LogP contribution >= 0.6 is 0 Å². The predicted octanol–water partition coefficient (Wildman–Crippen LogP) is 13.1. The van der Waals surface area contributed by atoms with E-state index in [4.69, 9.17) is 56.8 Å². The van der Waals surface area contributed by atoms with Gasteiger partial charge in [0.15, 0.2) is 12.6 Å². The maximum Gasteiger partial charge on any atom is 0.305 e. The van der Waals surface area contributed by atoms with E-state index in [0.717, 1.165) is 77.5 Å². The summed E-state index contributed by atoms with van der Waals surface area (Å²) in [6.07, 6.45) is -1.89. The molecule has 0 amide bonds. The van der Waals surface area contributed by atoms with E-state index in [1.165, 1.54) is 7.11 Å². The molecule has 7 aromatic carbocycles. The summed E-state index contributed by atoms with van der Waals surface area (Å²) < 4.78 is 82.1. The van der Waals surface area contributed by atoms with E-state index >= 15 is 0 Å². The van der Waals surface area contributed by atoms with Gasteiger partial charge in [0.2, 0.25) is 0 Å². The number of benzene rings is 7. The second-order valence-electron chi connectivity index (χ2n) is 21.3. The largest absolute Gasteiger partial charge is 0.469 e. The molecular weight excluding hydrogens is 1060 g/mol. The molecule has 0 aliphatic carbocycles. The van der Waals surface area contributed by atoms with Gasteiger partial charge in [0, 0.05) is 13.0 Å². The van der Waals surface area contributed by atoms with Crippen molar-refractivity contribution in [3.05, 3.63) is 251 Å². The third-order valence-electron chi connectivity index (χ3n) is 15.0. The summed E-state index contributed by atoms with van der Waals surface area (Å²) in [5.41, 5.74) is 6.95. The number of rotatable bonds is 35. The minimum Gasteiger partial charge on any atom is -0.469 e. The summed E-state index contributed by atoms with van der Waals surface area (Å²) in [7, 11) is 1.43. The maximum absolute atomic E-state index is 11.7. The number of carbonyl (C=O) groups excluding carboxylic acids is 1. The summed E-state index contributed by atoms with van der Waals surface area (Å²) in [6, 6.07) is 70.6. The van der Waals surface area contributed by atoms with Crippen molar-refractivity contribution in [1.82, 2.24) is 0 Å². The van der Waals surface area contributed by atoms with Crippen LogP contribution in [0.1, 0.15) is 83.9 Å². The molecule has 9 rings (SSSR count). The Morgan fingerprint density at radius 2 is 0.619 bits per heavy atom. The fraction of sp³-hybridized carbons (Fsp3) is 0.394. The molecule has 10 atom stereocenters.